The smallest absolute Gasteiger partial charge is 0.272 e. The molecule has 104 valence electrons. The largest absolute Gasteiger partial charge is 0.381 e. The predicted octanol–water partition coefficient (Wildman–Crippen LogP) is 2.15. The minimum Gasteiger partial charge on any atom is -0.381 e. The predicted molar refractivity (Wildman–Crippen MR) is 73.2 cm³/mol. The van der Waals surface area contributed by atoms with Crippen LogP contribution in [0.5, 0.6) is 0 Å². The lowest BCUT2D eigenvalue weighted by atomic mass is 9.89. The van der Waals surface area contributed by atoms with Crippen molar-refractivity contribution in [2.45, 2.75) is 25.3 Å². The van der Waals surface area contributed by atoms with Gasteiger partial charge in [-0.05, 0) is 32.2 Å². The Morgan fingerprint density at radius 2 is 2.32 bits per heavy atom. The van der Waals surface area contributed by atoms with Crippen LogP contribution in [0, 0.1) is 16.0 Å². The average molecular weight is 264 g/mol. The van der Waals surface area contributed by atoms with E-state index < -0.39 is 0 Å². The molecule has 0 spiro atoms. The molecule has 1 heterocycles. The molecule has 1 fully saturated rings. The molecule has 19 heavy (non-hydrogen) atoms. The van der Waals surface area contributed by atoms with E-state index in [4.69, 9.17) is 4.74 Å². The van der Waals surface area contributed by atoms with E-state index in [-0.39, 0.29) is 16.7 Å². The fourth-order valence-corrected chi connectivity index (χ4v) is 2.69. The van der Waals surface area contributed by atoms with Gasteiger partial charge in [0.2, 0.25) is 0 Å². The van der Waals surface area contributed by atoms with Crippen LogP contribution >= 0.6 is 0 Å². The van der Waals surface area contributed by atoms with Crippen molar-refractivity contribution in [3.63, 3.8) is 0 Å². The van der Waals surface area contributed by atoms with Crippen LogP contribution in [0.15, 0.2) is 24.3 Å². The fourth-order valence-electron chi connectivity index (χ4n) is 2.69. The van der Waals surface area contributed by atoms with E-state index in [0.717, 1.165) is 31.6 Å². The number of hydrogen-bond donors (Lipinski definition) is 1. The molecule has 5 heteroatoms. The summed E-state index contributed by atoms with van der Waals surface area (Å²) in [6.45, 7) is 1.57. The van der Waals surface area contributed by atoms with Crippen molar-refractivity contribution in [2.75, 3.05) is 20.3 Å². The zero-order valence-corrected chi connectivity index (χ0v) is 11.2. The molecule has 1 saturated heterocycles. The second-order valence-corrected chi connectivity index (χ2v) is 4.96. The van der Waals surface area contributed by atoms with Crippen molar-refractivity contribution < 1.29 is 9.66 Å². The first-order chi connectivity index (χ1) is 9.22. The molecule has 0 aliphatic carbocycles. The molecular weight excluding hydrogens is 244 g/mol. The molecule has 0 radical (unpaired) electrons. The van der Waals surface area contributed by atoms with Gasteiger partial charge in [0.05, 0.1) is 11.5 Å². The highest BCUT2D eigenvalue weighted by atomic mass is 16.6. The molecule has 2 atom stereocenters. The van der Waals surface area contributed by atoms with Crippen molar-refractivity contribution in [1.29, 1.82) is 0 Å². The molecular formula is C14H20N2O3. The minimum absolute atomic E-state index is 0.208. The zero-order chi connectivity index (χ0) is 13.7. The number of ether oxygens (including phenoxy) is 1. The Morgan fingerprint density at radius 3 is 2.95 bits per heavy atom. The Hall–Kier alpha value is -1.46. The lowest BCUT2D eigenvalue weighted by Gasteiger charge is -2.30. The third kappa shape index (κ3) is 3.52. The van der Waals surface area contributed by atoms with E-state index in [9.17, 15) is 10.1 Å². The summed E-state index contributed by atoms with van der Waals surface area (Å²) in [7, 11) is 1.91. The Bertz CT molecular complexity index is 430. The average Bonchev–Trinajstić information content (AvgIpc) is 2.46. The van der Waals surface area contributed by atoms with E-state index in [1.807, 2.05) is 19.2 Å². The van der Waals surface area contributed by atoms with Crippen molar-refractivity contribution in [1.82, 2.24) is 5.32 Å². The Morgan fingerprint density at radius 1 is 1.53 bits per heavy atom. The molecule has 1 aliphatic rings. The Balaban J connectivity index is 2.11. The number of nitro benzene ring substituents is 1. The molecule has 5 nitrogen and oxygen atoms in total. The monoisotopic (exact) mass is 264 g/mol. The third-order valence-electron chi connectivity index (χ3n) is 3.76. The molecule has 0 bridgehead atoms. The lowest BCUT2D eigenvalue weighted by molar-refractivity contribution is -0.385. The van der Waals surface area contributed by atoms with Crippen molar-refractivity contribution in [2.24, 2.45) is 5.92 Å². The minimum atomic E-state index is -0.306. The Labute approximate surface area is 113 Å². The van der Waals surface area contributed by atoms with Crippen LogP contribution in [0.1, 0.15) is 18.4 Å². The summed E-state index contributed by atoms with van der Waals surface area (Å²) in [5, 5.41) is 14.3. The van der Waals surface area contributed by atoms with Crippen LogP contribution in [0.4, 0.5) is 5.69 Å². The van der Waals surface area contributed by atoms with Gasteiger partial charge in [-0.1, -0.05) is 18.2 Å². The maximum atomic E-state index is 11.0. The first kappa shape index (κ1) is 14.0. The summed E-state index contributed by atoms with van der Waals surface area (Å²) < 4.78 is 5.51. The summed E-state index contributed by atoms with van der Waals surface area (Å²) in [4.78, 5) is 10.7. The second-order valence-electron chi connectivity index (χ2n) is 4.96. The van der Waals surface area contributed by atoms with Crippen LogP contribution in [0.3, 0.4) is 0 Å². The van der Waals surface area contributed by atoms with Gasteiger partial charge in [-0.25, -0.2) is 0 Å². The molecule has 0 amide bonds. The summed E-state index contributed by atoms with van der Waals surface area (Å²) in [5.41, 5.74) is 0.997. The van der Waals surface area contributed by atoms with Crippen LogP contribution < -0.4 is 5.32 Å². The van der Waals surface area contributed by atoms with Gasteiger partial charge < -0.3 is 10.1 Å². The van der Waals surface area contributed by atoms with E-state index >= 15 is 0 Å². The van der Waals surface area contributed by atoms with Crippen LogP contribution in [0.2, 0.25) is 0 Å². The summed E-state index contributed by atoms with van der Waals surface area (Å²) in [6.07, 6.45) is 2.85. The topological polar surface area (TPSA) is 64.4 Å². The van der Waals surface area contributed by atoms with Crippen molar-refractivity contribution in [3.8, 4) is 0 Å². The molecule has 1 aromatic rings. The second kappa shape index (κ2) is 6.63. The maximum Gasteiger partial charge on any atom is 0.272 e. The summed E-state index contributed by atoms with van der Waals surface area (Å²) in [5.74, 6) is 0.429. The van der Waals surface area contributed by atoms with Gasteiger partial charge in [-0.3, -0.25) is 10.1 Å². The summed E-state index contributed by atoms with van der Waals surface area (Å²) >= 11 is 0. The van der Waals surface area contributed by atoms with E-state index in [1.165, 1.54) is 0 Å². The first-order valence-electron chi connectivity index (χ1n) is 6.69. The number of likely N-dealkylation sites (N-methyl/N-ethyl adjacent to an activating group) is 1. The van der Waals surface area contributed by atoms with Gasteiger partial charge in [0, 0.05) is 24.3 Å². The quantitative estimate of drug-likeness (QED) is 0.653. The normalized spacial score (nSPS) is 21.0. The van der Waals surface area contributed by atoms with Gasteiger partial charge in [0.1, 0.15) is 0 Å². The van der Waals surface area contributed by atoms with Crippen LogP contribution in [-0.2, 0) is 11.2 Å². The number of rotatable bonds is 5. The van der Waals surface area contributed by atoms with Crippen LogP contribution in [-0.4, -0.2) is 31.2 Å². The molecule has 2 rings (SSSR count). The molecule has 1 aliphatic heterocycles. The van der Waals surface area contributed by atoms with Gasteiger partial charge >= 0.3 is 0 Å². The van der Waals surface area contributed by atoms with Crippen LogP contribution in [0.25, 0.3) is 0 Å². The molecule has 2 unspecified atom stereocenters. The number of hydrogen-bond acceptors (Lipinski definition) is 4. The lowest BCUT2D eigenvalue weighted by Crippen LogP contribution is -2.40. The van der Waals surface area contributed by atoms with Gasteiger partial charge in [-0.2, -0.15) is 0 Å². The number of nitrogens with one attached hydrogen (secondary N) is 1. The highest BCUT2D eigenvalue weighted by Gasteiger charge is 2.25. The zero-order valence-electron chi connectivity index (χ0n) is 11.2. The highest BCUT2D eigenvalue weighted by Crippen LogP contribution is 2.24. The SMILES string of the molecule is CNC(Cc1ccccc1[N+](=O)[O-])C1CCCOC1. The fraction of sp³-hybridized carbons (Fsp3) is 0.571. The Kier molecular flexibility index (Phi) is 4.87. The van der Waals surface area contributed by atoms with Gasteiger partial charge in [-0.15, -0.1) is 0 Å². The standard InChI is InChI=1S/C14H20N2O3/c1-15-13(12-6-4-8-19-10-12)9-11-5-2-3-7-14(11)16(17)18/h2-3,5,7,12-13,15H,4,6,8-10H2,1H3. The van der Waals surface area contributed by atoms with E-state index in [0.29, 0.717) is 12.3 Å². The van der Waals surface area contributed by atoms with E-state index in [1.54, 1.807) is 12.1 Å². The summed E-state index contributed by atoms with van der Waals surface area (Å²) in [6, 6.07) is 7.19. The number of nitrogens with zero attached hydrogens (tertiary/aromatic N) is 1. The molecule has 0 aromatic heterocycles. The van der Waals surface area contributed by atoms with Crippen molar-refractivity contribution in [3.05, 3.63) is 39.9 Å². The molecule has 1 aromatic carbocycles. The number of para-hydroxylation sites is 1. The van der Waals surface area contributed by atoms with Gasteiger partial charge in [0.15, 0.2) is 0 Å². The molecule has 1 N–H and O–H groups in total. The highest BCUT2D eigenvalue weighted by molar-refractivity contribution is 5.40. The first-order valence-corrected chi connectivity index (χ1v) is 6.69. The third-order valence-corrected chi connectivity index (χ3v) is 3.76. The number of nitro groups is 1. The van der Waals surface area contributed by atoms with Crippen molar-refractivity contribution >= 4 is 5.69 Å². The number of benzene rings is 1. The van der Waals surface area contributed by atoms with Gasteiger partial charge in [0.25, 0.3) is 5.69 Å². The maximum absolute atomic E-state index is 11.0. The molecule has 0 saturated carbocycles. The van der Waals surface area contributed by atoms with E-state index in [2.05, 4.69) is 5.32 Å².